The molecule has 8 rings (SSSR count). The first-order valence-corrected chi connectivity index (χ1v) is 24.5. The van der Waals surface area contributed by atoms with E-state index in [1.165, 1.54) is 20.1 Å². The summed E-state index contributed by atoms with van der Waals surface area (Å²) in [5.74, 6) is -1.20. The molecule has 17 heteroatoms. The smallest absolute Gasteiger partial charge is 0.331 e. The SMILES string of the molecule is CO[C@@H]1[C@@H](O)[C@H](O[C@@H]2[C@@H](C)O[C@@H](O[C@H]3[C@@H](OC)C[C@H](O[C@H]4CC[C@@]5(C)C(=CC[C@]6(O)[C@@H]5C[C@@H](OC(=O)C=Cc5ccccc5)[C@@]5(C)[C@]6(O)CC[C@@]5(O)[C@H](C)O)C4)O[C@@H]3C)C[C@H]2OC)O[C@H](C)[C@H]1O. The predicted octanol–water partition coefficient (Wildman–Crippen LogP) is 3.46. The normalized spacial score (nSPS) is 48.8. The molecule has 0 bridgehead atoms. The predicted molar refractivity (Wildman–Crippen MR) is 243 cm³/mol. The number of aliphatic hydroxyl groups is 6. The van der Waals surface area contributed by atoms with Gasteiger partial charge in [-0.25, -0.2) is 4.79 Å². The minimum absolute atomic E-state index is 0.00945. The molecule has 17 nitrogen and oxygen atoms in total. The van der Waals surface area contributed by atoms with Crippen LogP contribution in [0.25, 0.3) is 6.08 Å². The van der Waals surface area contributed by atoms with Gasteiger partial charge in [-0.1, -0.05) is 55.8 Å². The lowest BCUT2D eigenvalue weighted by atomic mass is 9.42. The quantitative estimate of drug-likeness (QED) is 0.0945. The van der Waals surface area contributed by atoms with Crippen LogP contribution in [0.3, 0.4) is 0 Å². The van der Waals surface area contributed by atoms with Gasteiger partial charge < -0.3 is 78.0 Å². The van der Waals surface area contributed by atoms with Crippen molar-refractivity contribution in [2.24, 2.45) is 16.7 Å². The third kappa shape index (κ3) is 8.76. The minimum Gasteiger partial charge on any atom is -0.458 e. The van der Waals surface area contributed by atoms with E-state index in [9.17, 15) is 35.4 Å². The highest BCUT2D eigenvalue weighted by Gasteiger charge is 2.81. The Balaban J connectivity index is 0.922. The van der Waals surface area contributed by atoms with E-state index in [-0.39, 0.29) is 31.8 Å². The van der Waals surface area contributed by atoms with Crippen molar-refractivity contribution in [2.45, 2.75) is 214 Å². The monoisotopic (exact) mass is 961 g/mol. The lowest BCUT2D eigenvalue weighted by molar-refractivity contribution is -0.352. The highest BCUT2D eigenvalue weighted by atomic mass is 16.8. The zero-order chi connectivity index (χ0) is 49.1. The van der Waals surface area contributed by atoms with Gasteiger partial charge in [0.25, 0.3) is 0 Å². The van der Waals surface area contributed by atoms with Gasteiger partial charge in [-0.2, -0.15) is 0 Å². The second kappa shape index (κ2) is 19.9. The van der Waals surface area contributed by atoms with Gasteiger partial charge in [0.2, 0.25) is 0 Å². The number of aliphatic hydroxyl groups excluding tert-OH is 3. The molecule has 4 aliphatic carbocycles. The molecule has 7 aliphatic rings. The molecule has 0 spiro atoms. The summed E-state index contributed by atoms with van der Waals surface area (Å²) >= 11 is 0. The second-order valence-electron chi connectivity index (χ2n) is 21.1. The molecular weight excluding hydrogens is 885 g/mol. The maximum atomic E-state index is 13.6. The first-order valence-electron chi connectivity index (χ1n) is 24.5. The molecular formula is C51H76O17. The summed E-state index contributed by atoms with van der Waals surface area (Å²) in [6, 6.07) is 9.33. The van der Waals surface area contributed by atoms with Gasteiger partial charge in [0, 0.05) is 46.2 Å². The summed E-state index contributed by atoms with van der Waals surface area (Å²) in [5.41, 5.74) is -5.80. The molecule has 0 amide bonds. The molecule has 0 radical (unpaired) electrons. The van der Waals surface area contributed by atoms with Crippen LogP contribution in [0.15, 0.2) is 48.1 Å². The molecule has 6 N–H and O–H groups in total. The lowest BCUT2D eigenvalue weighted by Crippen LogP contribution is -2.78. The van der Waals surface area contributed by atoms with E-state index in [2.05, 4.69) is 6.92 Å². The van der Waals surface area contributed by atoms with Crippen LogP contribution in [0.5, 0.6) is 0 Å². The van der Waals surface area contributed by atoms with Crippen LogP contribution in [-0.4, -0.2) is 173 Å². The van der Waals surface area contributed by atoms with E-state index in [0.717, 1.165) is 11.1 Å². The zero-order valence-corrected chi connectivity index (χ0v) is 41.0. The lowest BCUT2D eigenvalue weighted by Gasteiger charge is -2.67. The van der Waals surface area contributed by atoms with Crippen LogP contribution in [-0.2, 0) is 52.2 Å². The van der Waals surface area contributed by atoms with Gasteiger partial charge in [-0.15, -0.1) is 0 Å². The van der Waals surface area contributed by atoms with Crippen molar-refractivity contribution < 1.29 is 82.8 Å². The molecule has 0 aromatic heterocycles. The maximum Gasteiger partial charge on any atom is 0.331 e. The molecule has 3 saturated carbocycles. The molecule has 1 aromatic rings. The fourth-order valence-electron chi connectivity index (χ4n) is 13.5. The molecule has 22 atom stereocenters. The molecule has 6 fully saturated rings. The minimum atomic E-state index is -1.91. The Labute approximate surface area is 399 Å². The Kier molecular flexibility index (Phi) is 15.2. The van der Waals surface area contributed by atoms with E-state index >= 15 is 0 Å². The van der Waals surface area contributed by atoms with Gasteiger partial charge in [-0.05, 0) is 89.7 Å². The Morgan fingerprint density at radius 2 is 1.41 bits per heavy atom. The van der Waals surface area contributed by atoms with Crippen LogP contribution >= 0.6 is 0 Å². The fraction of sp³-hybridized carbons (Fsp3) is 0.784. The van der Waals surface area contributed by atoms with Crippen LogP contribution in [0.2, 0.25) is 0 Å². The van der Waals surface area contributed by atoms with E-state index in [1.54, 1.807) is 34.1 Å². The van der Waals surface area contributed by atoms with Crippen LogP contribution < -0.4 is 0 Å². The number of benzene rings is 1. The summed E-state index contributed by atoms with van der Waals surface area (Å²) in [6.45, 7) is 10.7. The van der Waals surface area contributed by atoms with Crippen molar-refractivity contribution in [3.8, 4) is 0 Å². The number of carbonyl (C=O) groups is 1. The van der Waals surface area contributed by atoms with Gasteiger partial charge >= 0.3 is 5.97 Å². The third-order valence-corrected chi connectivity index (χ3v) is 17.6. The third-order valence-electron chi connectivity index (χ3n) is 17.6. The highest BCUT2D eigenvalue weighted by Crippen LogP contribution is 2.71. The molecule has 382 valence electrons. The number of rotatable bonds is 13. The van der Waals surface area contributed by atoms with Gasteiger partial charge in [-0.3, -0.25) is 0 Å². The van der Waals surface area contributed by atoms with E-state index in [0.29, 0.717) is 32.1 Å². The summed E-state index contributed by atoms with van der Waals surface area (Å²) in [6.07, 6.45) is -4.03. The maximum absolute atomic E-state index is 13.6. The van der Waals surface area contributed by atoms with Crippen molar-refractivity contribution in [3.63, 3.8) is 0 Å². The van der Waals surface area contributed by atoms with Gasteiger partial charge in [0.05, 0.1) is 48.1 Å². The number of methoxy groups -OCH3 is 3. The Hall–Kier alpha value is -2.43. The molecule has 3 aliphatic heterocycles. The Morgan fingerprint density at radius 3 is 2.03 bits per heavy atom. The van der Waals surface area contributed by atoms with Crippen molar-refractivity contribution in [1.82, 2.24) is 0 Å². The largest absolute Gasteiger partial charge is 0.458 e. The standard InChI is InChI=1S/C51H76O17/c1-27-41(54)45(61-9)42(55)46(64-27)68-44-29(3)63-40(25-35(44)60-8)67-43-28(2)62-39(24-34(43)59-7)65-33-18-19-47(5)32(23-33)17-20-50(57)36(47)26-37(66-38(53)16-15-31-13-11-10-12-14-31)48(6)49(56,30(4)52)21-22-51(48,50)58/h10-17,27-30,33-37,39-46,52,54-58H,18-26H2,1-9H3/t27-,28-,29-,30+,33+,34+,35-,36-,37-,39+,40+,41-,42-,43-,44-,45+,46+,47+,48-,49-,50+,51-/m1/s1. The van der Waals surface area contributed by atoms with E-state index < -0.39 is 132 Å². The Bertz CT molecular complexity index is 1970. The molecule has 68 heavy (non-hydrogen) atoms. The molecule has 1 aromatic carbocycles. The number of carbonyl (C=O) groups excluding carboxylic acids is 1. The van der Waals surface area contributed by atoms with Crippen molar-refractivity contribution in [1.29, 1.82) is 0 Å². The highest BCUT2D eigenvalue weighted by molar-refractivity contribution is 5.87. The van der Waals surface area contributed by atoms with Crippen LogP contribution in [0, 0.1) is 16.7 Å². The topological polar surface area (TPSA) is 231 Å². The molecule has 0 unspecified atom stereocenters. The summed E-state index contributed by atoms with van der Waals surface area (Å²) < 4.78 is 61.7. The molecule has 3 heterocycles. The Morgan fingerprint density at radius 1 is 0.779 bits per heavy atom. The van der Waals surface area contributed by atoms with Crippen LogP contribution in [0.4, 0.5) is 0 Å². The number of hydrogen-bond acceptors (Lipinski definition) is 17. The summed E-state index contributed by atoms with van der Waals surface area (Å²) in [5, 5.41) is 70.6. The summed E-state index contributed by atoms with van der Waals surface area (Å²) in [4.78, 5) is 13.6. The first kappa shape index (κ1) is 51.9. The van der Waals surface area contributed by atoms with Gasteiger partial charge in [0.1, 0.15) is 53.4 Å². The number of fused-ring (bicyclic) bond motifs is 5. The zero-order valence-electron chi connectivity index (χ0n) is 41.0. The molecule has 3 saturated heterocycles. The van der Waals surface area contributed by atoms with E-state index in [4.69, 9.17) is 47.4 Å². The number of hydrogen-bond donors (Lipinski definition) is 6. The number of ether oxygens (including phenoxy) is 10. The number of esters is 1. The van der Waals surface area contributed by atoms with Crippen LogP contribution in [0.1, 0.15) is 105 Å². The van der Waals surface area contributed by atoms with Gasteiger partial charge in [0.15, 0.2) is 18.9 Å². The fourth-order valence-corrected chi connectivity index (χ4v) is 13.5. The summed E-state index contributed by atoms with van der Waals surface area (Å²) in [7, 11) is 4.62. The average Bonchev–Trinajstić information content (AvgIpc) is 3.54. The van der Waals surface area contributed by atoms with Crippen molar-refractivity contribution >= 4 is 12.0 Å². The van der Waals surface area contributed by atoms with E-state index in [1.807, 2.05) is 50.3 Å². The average molecular weight is 961 g/mol. The first-order chi connectivity index (χ1) is 32.2. The second-order valence-corrected chi connectivity index (χ2v) is 21.1. The van der Waals surface area contributed by atoms with Crippen molar-refractivity contribution in [3.05, 3.63) is 53.6 Å². The van der Waals surface area contributed by atoms with Crippen molar-refractivity contribution in [2.75, 3.05) is 21.3 Å².